The monoisotopic (exact) mass is 299 g/mol. The molecular weight excluding hydrogens is 278 g/mol. The molecule has 1 aliphatic heterocycles. The molecule has 1 N–H and O–H groups in total. The number of rotatable bonds is 5. The van der Waals surface area contributed by atoms with Crippen molar-refractivity contribution < 1.29 is 4.74 Å². The number of anilines is 1. The van der Waals surface area contributed by atoms with Gasteiger partial charge in [0, 0.05) is 50.0 Å². The fourth-order valence-electron chi connectivity index (χ4n) is 3.04. The van der Waals surface area contributed by atoms with Crippen molar-refractivity contribution in [1.82, 2.24) is 19.7 Å². The van der Waals surface area contributed by atoms with Crippen LogP contribution in [0.25, 0.3) is 0 Å². The molecule has 1 aliphatic carbocycles. The summed E-state index contributed by atoms with van der Waals surface area (Å²) in [6, 6.07) is 1.95. The number of nitrogens with one attached hydrogen (secondary N) is 1. The van der Waals surface area contributed by atoms with E-state index in [1.54, 1.807) is 0 Å². The predicted molar refractivity (Wildman–Crippen MR) is 82.5 cm³/mol. The van der Waals surface area contributed by atoms with Crippen LogP contribution in [-0.2, 0) is 11.8 Å². The Morgan fingerprint density at radius 2 is 2.27 bits per heavy atom. The molecule has 2 aromatic heterocycles. The largest absolute Gasteiger partial charge is 0.373 e. The van der Waals surface area contributed by atoms with Crippen molar-refractivity contribution in [3.8, 4) is 0 Å². The smallest absolute Gasteiger partial charge is 0.133 e. The molecule has 6 heteroatoms. The van der Waals surface area contributed by atoms with Crippen LogP contribution >= 0.6 is 0 Å². The number of hydrogen-bond acceptors (Lipinski definition) is 5. The van der Waals surface area contributed by atoms with Gasteiger partial charge in [0.15, 0.2) is 0 Å². The second-order valence-electron chi connectivity index (χ2n) is 6.24. The highest BCUT2D eigenvalue weighted by Gasteiger charge is 2.31. The fourth-order valence-corrected chi connectivity index (χ4v) is 3.04. The van der Waals surface area contributed by atoms with Crippen LogP contribution < -0.4 is 5.32 Å². The SMILES string of the molecule is Cn1cc([C@@H]2OCC[C@H]2CNc2ccnc(C3CC3)n2)cn1. The fraction of sp³-hybridized carbons (Fsp3) is 0.562. The maximum atomic E-state index is 5.90. The molecule has 22 heavy (non-hydrogen) atoms. The van der Waals surface area contributed by atoms with Crippen molar-refractivity contribution in [2.45, 2.75) is 31.3 Å². The molecule has 0 amide bonds. The lowest BCUT2D eigenvalue weighted by atomic mass is 9.97. The van der Waals surface area contributed by atoms with E-state index in [2.05, 4.69) is 20.4 Å². The Morgan fingerprint density at radius 3 is 3.05 bits per heavy atom. The van der Waals surface area contributed by atoms with Crippen molar-refractivity contribution in [3.63, 3.8) is 0 Å². The van der Waals surface area contributed by atoms with Crippen LogP contribution in [0.4, 0.5) is 5.82 Å². The Morgan fingerprint density at radius 1 is 1.36 bits per heavy atom. The molecule has 0 unspecified atom stereocenters. The molecular formula is C16H21N5O. The summed E-state index contributed by atoms with van der Waals surface area (Å²) >= 11 is 0. The first-order chi connectivity index (χ1) is 10.8. The van der Waals surface area contributed by atoms with Gasteiger partial charge in [-0.05, 0) is 25.3 Å². The lowest BCUT2D eigenvalue weighted by Crippen LogP contribution is -2.18. The molecule has 4 rings (SSSR count). The van der Waals surface area contributed by atoms with Crippen LogP contribution in [-0.4, -0.2) is 32.9 Å². The van der Waals surface area contributed by atoms with E-state index in [-0.39, 0.29) is 6.10 Å². The van der Waals surface area contributed by atoms with E-state index < -0.39 is 0 Å². The lowest BCUT2D eigenvalue weighted by molar-refractivity contribution is 0.0932. The van der Waals surface area contributed by atoms with Crippen LogP contribution in [0.2, 0.25) is 0 Å². The summed E-state index contributed by atoms with van der Waals surface area (Å²) in [4.78, 5) is 8.98. The molecule has 116 valence electrons. The third kappa shape index (κ3) is 2.83. The molecule has 1 saturated carbocycles. The summed E-state index contributed by atoms with van der Waals surface area (Å²) < 4.78 is 7.73. The molecule has 6 nitrogen and oxygen atoms in total. The second kappa shape index (κ2) is 5.68. The summed E-state index contributed by atoms with van der Waals surface area (Å²) in [5.74, 6) is 2.94. The van der Waals surface area contributed by atoms with E-state index in [1.165, 1.54) is 12.8 Å². The lowest BCUT2D eigenvalue weighted by Gasteiger charge is -2.18. The number of hydrogen-bond donors (Lipinski definition) is 1. The Labute approximate surface area is 129 Å². The van der Waals surface area contributed by atoms with Crippen molar-refractivity contribution in [3.05, 3.63) is 36.0 Å². The molecule has 2 fully saturated rings. The van der Waals surface area contributed by atoms with Crippen LogP contribution in [0.3, 0.4) is 0 Å². The summed E-state index contributed by atoms with van der Waals surface area (Å²) in [5.41, 5.74) is 1.16. The van der Waals surface area contributed by atoms with Crippen molar-refractivity contribution in [2.24, 2.45) is 13.0 Å². The first-order valence-corrected chi connectivity index (χ1v) is 7.96. The topological polar surface area (TPSA) is 64.9 Å². The average molecular weight is 299 g/mol. The Bertz CT molecular complexity index is 651. The van der Waals surface area contributed by atoms with Gasteiger partial charge in [-0.25, -0.2) is 9.97 Å². The van der Waals surface area contributed by atoms with Gasteiger partial charge in [0.2, 0.25) is 0 Å². The van der Waals surface area contributed by atoms with Gasteiger partial charge in [0.1, 0.15) is 11.6 Å². The Kier molecular flexibility index (Phi) is 3.54. The van der Waals surface area contributed by atoms with Crippen molar-refractivity contribution in [2.75, 3.05) is 18.5 Å². The van der Waals surface area contributed by atoms with E-state index in [9.17, 15) is 0 Å². The van der Waals surface area contributed by atoms with Gasteiger partial charge in [0.25, 0.3) is 0 Å². The molecule has 0 bridgehead atoms. The second-order valence-corrected chi connectivity index (χ2v) is 6.24. The Hall–Kier alpha value is -1.95. The molecule has 3 heterocycles. The molecule has 0 spiro atoms. The third-order valence-corrected chi connectivity index (χ3v) is 4.43. The zero-order valence-electron chi connectivity index (χ0n) is 12.8. The van der Waals surface area contributed by atoms with Gasteiger partial charge in [-0.15, -0.1) is 0 Å². The average Bonchev–Trinajstić information content (AvgIpc) is 3.13. The minimum absolute atomic E-state index is 0.130. The van der Waals surface area contributed by atoms with Crippen LogP contribution in [0.1, 0.15) is 42.7 Å². The molecule has 1 saturated heterocycles. The highest BCUT2D eigenvalue weighted by molar-refractivity contribution is 5.34. The maximum Gasteiger partial charge on any atom is 0.133 e. The molecule has 2 aromatic rings. The highest BCUT2D eigenvalue weighted by Crippen LogP contribution is 2.38. The number of aryl methyl sites for hydroxylation is 1. The molecule has 0 radical (unpaired) electrons. The van der Waals surface area contributed by atoms with E-state index in [1.807, 2.05) is 36.4 Å². The molecule has 2 aliphatic rings. The van der Waals surface area contributed by atoms with Crippen LogP contribution in [0.5, 0.6) is 0 Å². The first-order valence-electron chi connectivity index (χ1n) is 7.96. The van der Waals surface area contributed by atoms with E-state index in [0.717, 1.165) is 36.8 Å². The van der Waals surface area contributed by atoms with Gasteiger partial charge in [-0.1, -0.05) is 0 Å². The summed E-state index contributed by atoms with van der Waals surface area (Å²) in [6.07, 6.45) is 9.44. The van der Waals surface area contributed by atoms with E-state index in [4.69, 9.17) is 4.74 Å². The maximum absolute atomic E-state index is 5.90. The van der Waals surface area contributed by atoms with Crippen molar-refractivity contribution in [1.29, 1.82) is 0 Å². The quantitative estimate of drug-likeness (QED) is 0.917. The molecule has 0 aromatic carbocycles. The van der Waals surface area contributed by atoms with Gasteiger partial charge in [-0.3, -0.25) is 4.68 Å². The van der Waals surface area contributed by atoms with E-state index in [0.29, 0.717) is 11.8 Å². The summed E-state index contributed by atoms with van der Waals surface area (Å²) in [5, 5.41) is 7.71. The number of nitrogens with zero attached hydrogens (tertiary/aromatic N) is 4. The molecule has 2 atom stereocenters. The zero-order chi connectivity index (χ0) is 14.9. The minimum Gasteiger partial charge on any atom is -0.373 e. The first kappa shape index (κ1) is 13.7. The van der Waals surface area contributed by atoms with Gasteiger partial charge in [-0.2, -0.15) is 5.10 Å². The predicted octanol–water partition coefficient (Wildman–Crippen LogP) is 2.28. The minimum atomic E-state index is 0.130. The van der Waals surface area contributed by atoms with Crippen LogP contribution in [0, 0.1) is 5.92 Å². The van der Waals surface area contributed by atoms with E-state index >= 15 is 0 Å². The standard InChI is InChI=1S/C16H21N5O/c1-21-10-13(9-19-21)15-12(5-7-22-15)8-18-14-4-6-17-16(20-14)11-2-3-11/h4,6,9-12,15H,2-3,5,7-8H2,1H3,(H,17,18,20)/t12-,15+/m0/s1. The third-order valence-electron chi connectivity index (χ3n) is 4.43. The highest BCUT2D eigenvalue weighted by atomic mass is 16.5. The van der Waals surface area contributed by atoms with Gasteiger partial charge >= 0.3 is 0 Å². The number of aromatic nitrogens is 4. The summed E-state index contributed by atoms with van der Waals surface area (Å²) in [7, 11) is 1.94. The summed E-state index contributed by atoms with van der Waals surface area (Å²) in [6.45, 7) is 1.67. The number of ether oxygens (including phenoxy) is 1. The van der Waals surface area contributed by atoms with Crippen molar-refractivity contribution >= 4 is 5.82 Å². The van der Waals surface area contributed by atoms with Gasteiger partial charge in [0.05, 0.1) is 12.3 Å². The van der Waals surface area contributed by atoms with Gasteiger partial charge < -0.3 is 10.1 Å². The zero-order valence-corrected chi connectivity index (χ0v) is 12.8. The Balaban J connectivity index is 1.41. The van der Waals surface area contributed by atoms with Crippen LogP contribution in [0.15, 0.2) is 24.7 Å². The normalized spacial score (nSPS) is 24.6.